The molecule has 0 saturated carbocycles. The second-order valence-electron chi connectivity index (χ2n) is 4.40. The molecular formula is C11H21NO3. The van der Waals surface area contributed by atoms with Crippen molar-refractivity contribution in [1.29, 1.82) is 0 Å². The maximum Gasteiger partial charge on any atom is 0.310 e. The predicted molar refractivity (Wildman–Crippen MR) is 57.6 cm³/mol. The van der Waals surface area contributed by atoms with Gasteiger partial charge in [0.15, 0.2) is 0 Å². The minimum absolute atomic E-state index is 0.232. The Labute approximate surface area is 90.8 Å². The van der Waals surface area contributed by atoms with E-state index >= 15 is 0 Å². The Balaban J connectivity index is 2.60. The third kappa shape index (κ3) is 2.92. The summed E-state index contributed by atoms with van der Waals surface area (Å²) in [6.07, 6.45) is 3.24. The molecule has 0 aromatic heterocycles. The molecule has 1 aliphatic rings. The molecule has 3 N–H and O–H groups in total. The summed E-state index contributed by atoms with van der Waals surface area (Å²) in [5.41, 5.74) is 4.90. The van der Waals surface area contributed by atoms with Gasteiger partial charge in [0.25, 0.3) is 0 Å². The lowest BCUT2D eigenvalue weighted by Gasteiger charge is -2.32. The number of aliphatic carboxylic acids is 1. The Morgan fingerprint density at radius 2 is 2.13 bits per heavy atom. The summed E-state index contributed by atoms with van der Waals surface area (Å²) in [6, 6.07) is 0. The van der Waals surface area contributed by atoms with Gasteiger partial charge in [0.2, 0.25) is 0 Å². The molecule has 4 nitrogen and oxygen atoms in total. The molecule has 1 atom stereocenters. The van der Waals surface area contributed by atoms with Gasteiger partial charge in [-0.15, -0.1) is 0 Å². The van der Waals surface area contributed by atoms with E-state index in [1.54, 1.807) is 0 Å². The summed E-state index contributed by atoms with van der Waals surface area (Å²) in [4.78, 5) is 11.2. The van der Waals surface area contributed by atoms with Crippen LogP contribution in [0.1, 0.15) is 32.6 Å². The molecule has 1 rings (SSSR count). The van der Waals surface area contributed by atoms with Crippen molar-refractivity contribution in [2.24, 2.45) is 17.1 Å². The van der Waals surface area contributed by atoms with Crippen LogP contribution in [0.4, 0.5) is 0 Å². The molecule has 1 heterocycles. The average molecular weight is 215 g/mol. The zero-order valence-corrected chi connectivity index (χ0v) is 9.37. The number of rotatable bonds is 5. The quantitative estimate of drug-likeness (QED) is 0.723. The lowest BCUT2D eigenvalue weighted by atomic mass is 9.75. The van der Waals surface area contributed by atoms with Gasteiger partial charge < -0.3 is 15.6 Å². The van der Waals surface area contributed by atoms with Gasteiger partial charge in [0.1, 0.15) is 0 Å². The molecule has 88 valence electrons. The van der Waals surface area contributed by atoms with Crippen LogP contribution in [0.5, 0.6) is 0 Å². The molecule has 1 unspecified atom stereocenters. The van der Waals surface area contributed by atoms with Gasteiger partial charge in [-0.2, -0.15) is 0 Å². The van der Waals surface area contributed by atoms with E-state index in [1.165, 1.54) is 0 Å². The van der Waals surface area contributed by atoms with Crippen molar-refractivity contribution in [2.75, 3.05) is 19.8 Å². The number of carbonyl (C=O) groups is 1. The summed E-state index contributed by atoms with van der Waals surface area (Å²) in [6.45, 7) is 3.65. The Morgan fingerprint density at radius 3 is 2.53 bits per heavy atom. The maximum absolute atomic E-state index is 11.2. The normalized spacial score (nSPS) is 22.3. The Kier molecular flexibility index (Phi) is 4.54. The van der Waals surface area contributed by atoms with Crippen LogP contribution in [-0.4, -0.2) is 30.8 Å². The Hall–Kier alpha value is -0.610. The van der Waals surface area contributed by atoms with E-state index in [4.69, 9.17) is 10.5 Å². The first-order valence-corrected chi connectivity index (χ1v) is 5.66. The largest absolute Gasteiger partial charge is 0.481 e. The van der Waals surface area contributed by atoms with E-state index in [2.05, 4.69) is 0 Å². The van der Waals surface area contributed by atoms with E-state index in [1.807, 2.05) is 6.92 Å². The van der Waals surface area contributed by atoms with Gasteiger partial charge in [-0.3, -0.25) is 4.79 Å². The number of hydrogen-bond acceptors (Lipinski definition) is 3. The fraction of sp³-hybridized carbons (Fsp3) is 0.909. The number of carboxylic acid groups (broad SMARTS) is 1. The summed E-state index contributed by atoms with van der Waals surface area (Å²) in [7, 11) is 0. The summed E-state index contributed by atoms with van der Waals surface area (Å²) >= 11 is 0. The molecule has 1 fully saturated rings. The number of hydrogen-bond donors (Lipinski definition) is 2. The van der Waals surface area contributed by atoms with Gasteiger partial charge in [-0.1, -0.05) is 6.92 Å². The topological polar surface area (TPSA) is 72.5 Å². The van der Waals surface area contributed by atoms with E-state index < -0.39 is 11.4 Å². The van der Waals surface area contributed by atoms with Crippen molar-refractivity contribution in [1.82, 2.24) is 0 Å². The first kappa shape index (κ1) is 12.5. The first-order valence-electron chi connectivity index (χ1n) is 5.66. The molecule has 0 spiro atoms. The Morgan fingerprint density at radius 1 is 1.53 bits per heavy atom. The molecular weight excluding hydrogens is 194 g/mol. The minimum atomic E-state index is -0.751. The number of carboxylic acids is 1. The van der Waals surface area contributed by atoms with Crippen LogP contribution < -0.4 is 5.73 Å². The first-order chi connectivity index (χ1) is 7.14. The number of nitrogens with two attached hydrogens (primary N) is 1. The monoisotopic (exact) mass is 215 g/mol. The van der Waals surface area contributed by atoms with Crippen molar-refractivity contribution in [3.05, 3.63) is 0 Å². The van der Waals surface area contributed by atoms with Gasteiger partial charge >= 0.3 is 5.97 Å². The second kappa shape index (κ2) is 5.47. The molecule has 1 saturated heterocycles. The highest BCUT2D eigenvalue weighted by Crippen LogP contribution is 2.33. The molecule has 0 aliphatic carbocycles. The lowest BCUT2D eigenvalue weighted by Crippen LogP contribution is -2.40. The van der Waals surface area contributed by atoms with Crippen molar-refractivity contribution in [3.63, 3.8) is 0 Å². The third-order valence-electron chi connectivity index (χ3n) is 3.54. The van der Waals surface area contributed by atoms with Crippen molar-refractivity contribution in [3.8, 4) is 0 Å². The SMILES string of the molecule is CCC(CN)(CC1CCOCC1)C(=O)O. The fourth-order valence-corrected chi connectivity index (χ4v) is 2.20. The summed E-state index contributed by atoms with van der Waals surface area (Å²) < 4.78 is 5.26. The Bertz CT molecular complexity index is 208. The fourth-order valence-electron chi connectivity index (χ4n) is 2.20. The zero-order valence-electron chi connectivity index (χ0n) is 9.37. The molecule has 0 bridgehead atoms. The average Bonchev–Trinajstić information content (AvgIpc) is 2.27. The summed E-state index contributed by atoms with van der Waals surface area (Å²) in [5, 5.41) is 9.24. The molecule has 0 aromatic carbocycles. The molecule has 1 aliphatic heterocycles. The van der Waals surface area contributed by atoms with Crippen molar-refractivity contribution < 1.29 is 14.6 Å². The van der Waals surface area contributed by atoms with Gasteiger partial charge in [0.05, 0.1) is 5.41 Å². The van der Waals surface area contributed by atoms with Crippen LogP contribution in [0.15, 0.2) is 0 Å². The zero-order chi connectivity index (χ0) is 11.3. The van der Waals surface area contributed by atoms with Gasteiger partial charge in [-0.25, -0.2) is 0 Å². The highest BCUT2D eigenvalue weighted by molar-refractivity contribution is 5.74. The van der Waals surface area contributed by atoms with Crippen molar-refractivity contribution >= 4 is 5.97 Å². The van der Waals surface area contributed by atoms with E-state index in [0.29, 0.717) is 18.8 Å². The van der Waals surface area contributed by atoms with Crippen LogP contribution in [0.2, 0.25) is 0 Å². The predicted octanol–water partition coefficient (Wildman–Crippen LogP) is 1.24. The van der Waals surface area contributed by atoms with Crippen LogP contribution in [0, 0.1) is 11.3 Å². The molecule has 15 heavy (non-hydrogen) atoms. The van der Waals surface area contributed by atoms with Crippen molar-refractivity contribution in [2.45, 2.75) is 32.6 Å². The number of ether oxygens (including phenoxy) is 1. The standard InChI is InChI=1S/C11H21NO3/c1-2-11(8-12,10(13)14)7-9-3-5-15-6-4-9/h9H,2-8,12H2,1H3,(H,13,14). The summed E-state index contributed by atoms with van der Waals surface area (Å²) in [5.74, 6) is -0.294. The molecule has 4 heteroatoms. The lowest BCUT2D eigenvalue weighted by molar-refractivity contribution is -0.150. The molecule has 0 aromatic rings. The van der Waals surface area contributed by atoms with Crippen LogP contribution >= 0.6 is 0 Å². The molecule has 0 radical (unpaired) electrons. The van der Waals surface area contributed by atoms with E-state index in [9.17, 15) is 9.90 Å². The smallest absolute Gasteiger partial charge is 0.310 e. The third-order valence-corrected chi connectivity index (χ3v) is 3.54. The second-order valence-corrected chi connectivity index (χ2v) is 4.40. The molecule has 0 amide bonds. The maximum atomic E-state index is 11.2. The highest BCUT2D eigenvalue weighted by atomic mass is 16.5. The van der Waals surface area contributed by atoms with Gasteiger partial charge in [0, 0.05) is 19.8 Å². The highest BCUT2D eigenvalue weighted by Gasteiger charge is 2.37. The van der Waals surface area contributed by atoms with E-state index in [0.717, 1.165) is 26.1 Å². The van der Waals surface area contributed by atoms with Crippen LogP contribution in [0.3, 0.4) is 0 Å². The van der Waals surface area contributed by atoms with Crippen LogP contribution in [-0.2, 0) is 9.53 Å². The minimum Gasteiger partial charge on any atom is -0.481 e. The van der Waals surface area contributed by atoms with E-state index in [-0.39, 0.29) is 6.54 Å². The van der Waals surface area contributed by atoms with Gasteiger partial charge in [-0.05, 0) is 31.6 Å². The van der Waals surface area contributed by atoms with Crippen LogP contribution in [0.25, 0.3) is 0 Å².